The van der Waals surface area contributed by atoms with E-state index in [9.17, 15) is 9.18 Å². The van der Waals surface area contributed by atoms with Crippen LogP contribution in [0.3, 0.4) is 0 Å². The normalized spacial score (nSPS) is 11.2. The Morgan fingerprint density at radius 3 is 2.64 bits per heavy atom. The maximum absolute atomic E-state index is 14.6. The highest BCUT2D eigenvalue weighted by Crippen LogP contribution is 2.25. The number of aryl methyl sites for hydroxylation is 1. The molecule has 1 aromatic carbocycles. The minimum atomic E-state index is -0.479. The summed E-state index contributed by atoms with van der Waals surface area (Å²) >= 11 is 1.53. The molecule has 130 valence electrons. The van der Waals surface area contributed by atoms with Crippen molar-refractivity contribution >= 4 is 22.5 Å². The van der Waals surface area contributed by atoms with E-state index in [-0.39, 0.29) is 5.56 Å². The Morgan fingerprint density at radius 2 is 1.96 bits per heavy atom. The summed E-state index contributed by atoms with van der Waals surface area (Å²) < 4.78 is 16.2. The summed E-state index contributed by atoms with van der Waals surface area (Å²) in [5.41, 5.74) is 0.154. The van der Waals surface area contributed by atoms with Crippen molar-refractivity contribution < 1.29 is 4.39 Å². The predicted octanol–water partition coefficient (Wildman–Crippen LogP) is 4.51. The summed E-state index contributed by atoms with van der Waals surface area (Å²) in [7, 11) is 0. The second-order valence-electron chi connectivity index (χ2n) is 5.89. The van der Waals surface area contributed by atoms with Gasteiger partial charge >= 0.3 is 0 Å². The SMILES string of the molecule is CCCCCn1ccc2cc(-c3ncc(SC)cn3)c(F)cc2c1=O. The lowest BCUT2D eigenvalue weighted by Gasteiger charge is -2.09. The van der Waals surface area contributed by atoms with Crippen LogP contribution in [0.4, 0.5) is 4.39 Å². The highest BCUT2D eigenvalue weighted by molar-refractivity contribution is 7.98. The lowest BCUT2D eigenvalue weighted by atomic mass is 10.1. The lowest BCUT2D eigenvalue weighted by Crippen LogP contribution is -2.19. The van der Waals surface area contributed by atoms with Crippen LogP contribution in [0, 0.1) is 5.82 Å². The predicted molar refractivity (Wildman–Crippen MR) is 100 cm³/mol. The number of nitrogens with zero attached hydrogens (tertiary/aromatic N) is 3. The zero-order valence-electron chi connectivity index (χ0n) is 14.3. The van der Waals surface area contributed by atoms with Gasteiger partial charge < -0.3 is 4.57 Å². The average molecular weight is 357 g/mol. The van der Waals surface area contributed by atoms with Crippen molar-refractivity contribution in [3.63, 3.8) is 0 Å². The van der Waals surface area contributed by atoms with Gasteiger partial charge in [0.1, 0.15) is 5.82 Å². The topological polar surface area (TPSA) is 47.8 Å². The van der Waals surface area contributed by atoms with Crippen LogP contribution < -0.4 is 5.56 Å². The van der Waals surface area contributed by atoms with E-state index in [1.54, 1.807) is 29.2 Å². The summed E-state index contributed by atoms with van der Waals surface area (Å²) in [6.45, 7) is 2.78. The zero-order valence-corrected chi connectivity index (χ0v) is 15.1. The number of pyridine rings is 1. The molecule has 0 aliphatic heterocycles. The standard InChI is InChI=1S/C19H20FN3OS/c1-3-4-5-7-23-8-6-13-9-16(17(20)10-15(13)19(23)24)18-21-11-14(25-2)12-22-18/h6,8-12H,3-5,7H2,1-2H3. The van der Waals surface area contributed by atoms with E-state index < -0.39 is 5.82 Å². The number of benzene rings is 1. The molecule has 0 N–H and O–H groups in total. The third-order valence-electron chi connectivity index (χ3n) is 4.17. The Balaban J connectivity index is 2.01. The number of hydrogen-bond acceptors (Lipinski definition) is 4. The van der Waals surface area contributed by atoms with Crippen LogP contribution in [0.25, 0.3) is 22.2 Å². The van der Waals surface area contributed by atoms with Crippen molar-refractivity contribution in [3.05, 3.63) is 53.0 Å². The molecule has 3 rings (SSSR count). The molecule has 2 aromatic heterocycles. The molecule has 25 heavy (non-hydrogen) atoms. The summed E-state index contributed by atoms with van der Waals surface area (Å²) in [4.78, 5) is 21.9. The highest BCUT2D eigenvalue weighted by Gasteiger charge is 2.12. The van der Waals surface area contributed by atoms with Gasteiger partial charge in [0, 0.05) is 30.0 Å². The van der Waals surface area contributed by atoms with E-state index in [2.05, 4.69) is 16.9 Å². The van der Waals surface area contributed by atoms with Gasteiger partial charge in [0.15, 0.2) is 5.82 Å². The second-order valence-corrected chi connectivity index (χ2v) is 6.77. The number of halogens is 1. The highest BCUT2D eigenvalue weighted by atomic mass is 32.2. The Bertz CT molecular complexity index is 938. The van der Waals surface area contributed by atoms with E-state index in [0.717, 1.165) is 24.2 Å². The van der Waals surface area contributed by atoms with Crippen LogP contribution in [0.5, 0.6) is 0 Å². The van der Waals surface area contributed by atoms with Crippen LogP contribution in [-0.2, 0) is 6.54 Å². The zero-order chi connectivity index (χ0) is 17.8. The minimum Gasteiger partial charge on any atom is -0.315 e. The first-order valence-corrected chi connectivity index (χ1v) is 9.55. The van der Waals surface area contributed by atoms with Crippen LogP contribution in [0.1, 0.15) is 26.2 Å². The van der Waals surface area contributed by atoms with Crippen molar-refractivity contribution in [2.75, 3.05) is 6.26 Å². The molecule has 0 spiro atoms. The minimum absolute atomic E-state index is 0.155. The second kappa shape index (κ2) is 7.78. The molecule has 4 nitrogen and oxygen atoms in total. The molecule has 0 bridgehead atoms. The van der Waals surface area contributed by atoms with E-state index in [4.69, 9.17) is 0 Å². The van der Waals surface area contributed by atoms with Gasteiger partial charge in [0.05, 0.1) is 10.9 Å². The third-order valence-corrected chi connectivity index (χ3v) is 4.85. The van der Waals surface area contributed by atoms with Gasteiger partial charge in [0.2, 0.25) is 0 Å². The van der Waals surface area contributed by atoms with E-state index in [1.807, 2.05) is 12.3 Å². The van der Waals surface area contributed by atoms with Gasteiger partial charge in [-0.3, -0.25) is 4.79 Å². The van der Waals surface area contributed by atoms with Crippen molar-refractivity contribution in [2.24, 2.45) is 0 Å². The monoisotopic (exact) mass is 357 g/mol. The van der Waals surface area contributed by atoms with Crippen LogP contribution in [0.2, 0.25) is 0 Å². The van der Waals surface area contributed by atoms with Gasteiger partial charge in [-0.1, -0.05) is 19.8 Å². The first-order chi connectivity index (χ1) is 12.1. The molecule has 0 unspecified atom stereocenters. The molecule has 0 fully saturated rings. The maximum Gasteiger partial charge on any atom is 0.258 e. The molecule has 6 heteroatoms. The number of aromatic nitrogens is 3. The number of fused-ring (bicyclic) bond motifs is 1. The Kier molecular flexibility index (Phi) is 5.48. The summed E-state index contributed by atoms with van der Waals surface area (Å²) in [5, 5.41) is 1.09. The molecule has 0 radical (unpaired) electrons. The molecule has 0 amide bonds. The average Bonchev–Trinajstić information content (AvgIpc) is 2.64. The van der Waals surface area contributed by atoms with E-state index in [1.165, 1.54) is 17.8 Å². The number of hydrogen-bond donors (Lipinski definition) is 0. The first kappa shape index (κ1) is 17.6. The van der Waals surface area contributed by atoms with Crippen LogP contribution in [0.15, 0.2) is 46.5 Å². The molecule has 3 aromatic rings. The third kappa shape index (κ3) is 3.74. The van der Waals surface area contributed by atoms with Crippen molar-refractivity contribution in [3.8, 4) is 11.4 Å². The lowest BCUT2D eigenvalue weighted by molar-refractivity contribution is 0.590. The Morgan fingerprint density at radius 1 is 1.20 bits per heavy atom. The van der Waals surface area contributed by atoms with Gasteiger partial charge in [0.25, 0.3) is 5.56 Å². The number of unbranched alkanes of at least 4 members (excludes halogenated alkanes) is 2. The Labute approximate surface area is 150 Å². The largest absolute Gasteiger partial charge is 0.315 e. The Hall–Kier alpha value is -2.21. The fourth-order valence-corrected chi connectivity index (χ4v) is 3.06. The molecule has 0 saturated carbocycles. The van der Waals surface area contributed by atoms with Crippen LogP contribution in [-0.4, -0.2) is 20.8 Å². The fourth-order valence-electron chi connectivity index (χ4n) is 2.75. The smallest absolute Gasteiger partial charge is 0.258 e. The van der Waals surface area contributed by atoms with E-state index >= 15 is 0 Å². The van der Waals surface area contributed by atoms with Gasteiger partial charge in [-0.2, -0.15) is 0 Å². The molecule has 0 saturated heterocycles. The van der Waals surface area contributed by atoms with Gasteiger partial charge in [-0.15, -0.1) is 11.8 Å². The molecular weight excluding hydrogens is 337 g/mol. The van der Waals surface area contributed by atoms with E-state index in [0.29, 0.717) is 28.7 Å². The first-order valence-electron chi connectivity index (χ1n) is 8.33. The quantitative estimate of drug-likeness (QED) is 0.481. The van der Waals surface area contributed by atoms with Crippen molar-refractivity contribution in [1.29, 1.82) is 0 Å². The number of rotatable bonds is 6. The number of thioether (sulfide) groups is 1. The molecular formula is C19H20FN3OS. The summed E-state index contributed by atoms with van der Waals surface area (Å²) in [6.07, 6.45) is 10.2. The van der Waals surface area contributed by atoms with Crippen LogP contribution >= 0.6 is 11.8 Å². The fraction of sp³-hybridized carbons (Fsp3) is 0.316. The van der Waals surface area contributed by atoms with Gasteiger partial charge in [-0.05, 0) is 36.3 Å². The summed E-state index contributed by atoms with van der Waals surface area (Å²) in [5.74, 6) is -0.155. The molecule has 0 aliphatic carbocycles. The maximum atomic E-state index is 14.6. The van der Waals surface area contributed by atoms with Crippen molar-refractivity contribution in [2.45, 2.75) is 37.6 Å². The van der Waals surface area contributed by atoms with Crippen molar-refractivity contribution in [1.82, 2.24) is 14.5 Å². The van der Waals surface area contributed by atoms with Gasteiger partial charge in [-0.25, -0.2) is 14.4 Å². The molecule has 0 aliphatic rings. The molecule has 2 heterocycles. The molecule has 0 atom stereocenters. The summed E-state index contributed by atoms with van der Waals surface area (Å²) in [6, 6.07) is 4.80.